The summed E-state index contributed by atoms with van der Waals surface area (Å²) >= 11 is 0. The van der Waals surface area contributed by atoms with Crippen molar-refractivity contribution in [2.24, 2.45) is 38.9 Å². The number of fused-ring (bicyclic) bond motifs is 3. The average Bonchev–Trinajstić information content (AvgIpc) is 3.17. The first-order valence-electron chi connectivity index (χ1n) is 13.1. The molecule has 0 aromatic heterocycles. The van der Waals surface area contributed by atoms with Crippen molar-refractivity contribution >= 4 is 23.7 Å². The average molecular weight is 515 g/mol. The highest BCUT2D eigenvalue weighted by molar-refractivity contribution is 6.11. The Bertz CT molecular complexity index is 1190. The molecule has 5 aliphatic rings. The van der Waals surface area contributed by atoms with Gasteiger partial charge < -0.3 is 18.9 Å². The molecule has 1 aliphatic heterocycles. The van der Waals surface area contributed by atoms with Gasteiger partial charge in [-0.25, -0.2) is 0 Å². The molecule has 37 heavy (non-hydrogen) atoms. The van der Waals surface area contributed by atoms with Crippen molar-refractivity contribution in [2.45, 2.75) is 79.9 Å². The van der Waals surface area contributed by atoms with Crippen LogP contribution in [0.25, 0.3) is 0 Å². The zero-order chi connectivity index (χ0) is 27.5. The van der Waals surface area contributed by atoms with E-state index in [4.69, 9.17) is 18.9 Å². The normalized spacial score (nSPS) is 45.3. The van der Waals surface area contributed by atoms with E-state index in [0.717, 1.165) is 5.57 Å². The van der Waals surface area contributed by atoms with Gasteiger partial charge in [-0.15, -0.1) is 0 Å². The zero-order valence-electron chi connectivity index (χ0n) is 23.3. The number of Topliss-reactive ketones (excluding diaryl/α,β-unsaturated/α-hetero) is 1. The van der Waals surface area contributed by atoms with Crippen molar-refractivity contribution in [1.82, 2.24) is 0 Å². The summed E-state index contributed by atoms with van der Waals surface area (Å²) < 4.78 is 23.3. The fourth-order valence-electron chi connectivity index (χ4n) is 9.86. The lowest BCUT2D eigenvalue weighted by atomic mass is 9.33. The van der Waals surface area contributed by atoms with E-state index in [1.807, 2.05) is 34.6 Å². The van der Waals surface area contributed by atoms with Crippen molar-refractivity contribution in [3.05, 3.63) is 23.0 Å². The summed E-state index contributed by atoms with van der Waals surface area (Å²) in [6.07, 6.45) is 2.47. The fourth-order valence-corrected chi connectivity index (χ4v) is 9.86. The van der Waals surface area contributed by atoms with Crippen LogP contribution >= 0.6 is 0 Å². The predicted octanol–water partition coefficient (Wildman–Crippen LogP) is 3.92. The minimum Gasteiger partial charge on any atom is -0.499 e. The maximum atomic E-state index is 14.1. The number of esters is 3. The maximum absolute atomic E-state index is 14.1. The number of carbonyl (C=O) groups excluding carboxylic acids is 4. The van der Waals surface area contributed by atoms with E-state index in [0.29, 0.717) is 30.6 Å². The smallest absolute Gasteiger partial charge is 0.321 e. The van der Waals surface area contributed by atoms with Gasteiger partial charge in [0, 0.05) is 35.2 Å². The molecule has 0 aromatic rings. The minimum absolute atomic E-state index is 0.165. The molecule has 8 unspecified atom stereocenters. The number of ether oxygens (including phenoxy) is 4. The van der Waals surface area contributed by atoms with Crippen LogP contribution in [0, 0.1) is 38.9 Å². The van der Waals surface area contributed by atoms with Crippen molar-refractivity contribution < 1.29 is 38.1 Å². The molecule has 1 saturated heterocycles. The summed E-state index contributed by atoms with van der Waals surface area (Å²) in [6, 6.07) is 0. The molecule has 8 heteroatoms. The molecular weight excluding hydrogens is 476 g/mol. The van der Waals surface area contributed by atoms with Gasteiger partial charge in [-0.05, 0) is 40.0 Å². The van der Waals surface area contributed by atoms with Crippen LogP contribution < -0.4 is 0 Å². The van der Waals surface area contributed by atoms with E-state index < -0.39 is 45.1 Å². The molecule has 5 rings (SSSR count). The van der Waals surface area contributed by atoms with Crippen LogP contribution in [0.5, 0.6) is 0 Å². The monoisotopic (exact) mass is 514 g/mol. The van der Waals surface area contributed by atoms with Crippen LogP contribution in [0.2, 0.25) is 0 Å². The fraction of sp³-hybridized carbons (Fsp3) is 0.724. The van der Waals surface area contributed by atoms with Gasteiger partial charge in [0.15, 0.2) is 5.78 Å². The molecule has 0 radical (unpaired) electrons. The number of hydrogen-bond acceptors (Lipinski definition) is 8. The molecule has 4 aliphatic carbocycles. The zero-order valence-corrected chi connectivity index (χ0v) is 23.3. The summed E-state index contributed by atoms with van der Waals surface area (Å²) in [5.74, 6) is -1.67. The quantitative estimate of drug-likeness (QED) is 0.317. The van der Waals surface area contributed by atoms with Gasteiger partial charge in [0.2, 0.25) is 0 Å². The highest BCUT2D eigenvalue weighted by atomic mass is 16.6. The van der Waals surface area contributed by atoms with Gasteiger partial charge in [0.05, 0.1) is 25.0 Å². The molecule has 2 bridgehead atoms. The number of rotatable bonds is 3. The third-order valence-electron chi connectivity index (χ3n) is 11.2. The predicted molar refractivity (Wildman–Crippen MR) is 132 cm³/mol. The second kappa shape index (κ2) is 7.48. The Balaban J connectivity index is 1.81. The Labute approximate surface area is 218 Å². The number of ketones is 1. The number of methoxy groups -OCH3 is 2. The Morgan fingerprint density at radius 2 is 1.73 bits per heavy atom. The second-order valence-electron chi connectivity index (χ2n) is 12.7. The number of allylic oxidation sites excluding steroid dienone is 3. The molecular formula is C29H38O8. The second-order valence-corrected chi connectivity index (χ2v) is 12.7. The van der Waals surface area contributed by atoms with Crippen LogP contribution in [0.1, 0.15) is 67.7 Å². The molecule has 2 saturated carbocycles. The third-order valence-corrected chi connectivity index (χ3v) is 11.2. The lowest BCUT2D eigenvalue weighted by Gasteiger charge is -2.66. The highest BCUT2D eigenvalue weighted by Crippen LogP contribution is 2.79. The Hall–Kier alpha value is -2.64. The van der Waals surface area contributed by atoms with Gasteiger partial charge >= 0.3 is 17.9 Å². The third kappa shape index (κ3) is 2.51. The first-order valence-corrected chi connectivity index (χ1v) is 13.1. The van der Waals surface area contributed by atoms with E-state index >= 15 is 0 Å². The van der Waals surface area contributed by atoms with Crippen molar-refractivity contribution in [1.29, 1.82) is 0 Å². The lowest BCUT2D eigenvalue weighted by Crippen LogP contribution is -2.71. The van der Waals surface area contributed by atoms with E-state index in [9.17, 15) is 19.2 Å². The highest BCUT2D eigenvalue weighted by Gasteiger charge is 2.84. The molecule has 202 valence electrons. The van der Waals surface area contributed by atoms with E-state index in [1.54, 1.807) is 6.92 Å². The van der Waals surface area contributed by atoms with Crippen LogP contribution in [0.4, 0.5) is 0 Å². The SMILES string of the molecule is COC(=O)C12C(OC)=C(C)C(=O)C1(C)C(C)=CC1C34CCC(OC(C)=O)C(C)(C)C3C(CC12C)OC4=O. The molecule has 8 nitrogen and oxygen atoms in total. The first-order chi connectivity index (χ1) is 17.1. The van der Waals surface area contributed by atoms with Gasteiger partial charge in [-0.1, -0.05) is 32.4 Å². The minimum atomic E-state index is -1.46. The van der Waals surface area contributed by atoms with Gasteiger partial charge in [0.25, 0.3) is 0 Å². The lowest BCUT2D eigenvalue weighted by molar-refractivity contribution is -0.217. The first kappa shape index (κ1) is 26.0. The summed E-state index contributed by atoms with van der Waals surface area (Å²) in [7, 11) is 2.82. The van der Waals surface area contributed by atoms with Crippen LogP contribution in [0.3, 0.4) is 0 Å². The van der Waals surface area contributed by atoms with Crippen molar-refractivity contribution in [2.75, 3.05) is 14.2 Å². The summed E-state index contributed by atoms with van der Waals surface area (Å²) in [6.45, 7) is 12.9. The summed E-state index contributed by atoms with van der Waals surface area (Å²) in [4.78, 5) is 53.9. The molecule has 0 spiro atoms. The van der Waals surface area contributed by atoms with Crippen LogP contribution in [-0.4, -0.2) is 50.1 Å². The van der Waals surface area contributed by atoms with E-state index in [1.165, 1.54) is 21.1 Å². The molecule has 0 N–H and O–H groups in total. The maximum Gasteiger partial charge on any atom is 0.321 e. The number of hydrogen-bond donors (Lipinski definition) is 0. The summed E-state index contributed by atoms with van der Waals surface area (Å²) in [5, 5.41) is 0. The topological polar surface area (TPSA) is 105 Å². The van der Waals surface area contributed by atoms with Crippen molar-refractivity contribution in [3.8, 4) is 0 Å². The summed E-state index contributed by atoms with van der Waals surface area (Å²) in [5.41, 5.74) is -3.98. The number of carbonyl (C=O) groups is 4. The molecule has 0 amide bonds. The Morgan fingerprint density at radius 1 is 1.08 bits per heavy atom. The molecule has 8 atom stereocenters. The van der Waals surface area contributed by atoms with Gasteiger partial charge in [-0.2, -0.15) is 0 Å². The Kier molecular flexibility index (Phi) is 5.25. The van der Waals surface area contributed by atoms with Crippen LogP contribution in [-0.2, 0) is 38.1 Å². The largest absolute Gasteiger partial charge is 0.499 e. The van der Waals surface area contributed by atoms with Gasteiger partial charge in [-0.3, -0.25) is 19.2 Å². The van der Waals surface area contributed by atoms with Gasteiger partial charge in [0.1, 0.15) is 23.4 Å². The molecule has 1 heterocycles. The van der Waals surface area contributed by atoms with Crippen LogP contribution in [0.15, 0.2) is 23.0 Å². The van der Waals surface area contributed by atoms with Crippen molar-refractivity contribution in [3.63, 3.8) is 0 Å². The molecule has 0 aromatic carbocycles. The van der Waals surface area contributed by atoms with E-state index in [2.05, 4.69) is 6.08 Å². The standard InChI is InChI=1S/C29H38O8/c1-14-12-18-26(6,29(24(33)35-9)22(34-8)15(2)21(31)27(14,29)7)13-17-20-25(4,5)19(36-16(3)30)10-11-28(18,20)23(32)37-17/h12,17-20H,10-11,13H2,1-9H3. The molecule has 3 fully saturated rings. The van der Waals surface area contributed by atoms with E-state index in [-0.39, 0.29) is 29.7 Å². The Morgan fingerprint density at radius 3 is 2.30 bits per heavy atom.